The maximum Gasteiger partial charge on any atom is 0.309 e. The molecule has 0 radical (unpaired) electrons. The van der Waals surface area contributed by atoms with Crippen LogP contribution in [0.2, 0.25) is 0 Å². The molecule has 5 rings (SSSR count). The second-order valence-electron chi connectivity index (χ2n) is 11.2. The fraction of sp³-hybridized carbons (Fsp3) is 0.533. The quantitative estimate of drug-likeness (QED) is 0.501. The Morgan fingerprint density at radius 1 is 1.13 bits per heavy atom. The Balaban J connectivity index is 1.28. The molecule has 0 aliphatic carbocycles. The highest BCUT2D eigenvalue weighted by molar-refractivity contribution is 5.85. The summed E-state index contributed by atoms with van der Waals surface area (Å²) < 4.78 is 25.8. The zero-order chi connectivity index (χ0) is 27.8. The largest absolute Gasteiger partial charge is 0.493 e. The summed E-state index contributed by atoms with van der Waals surface area (Å²) in [5, 5.41) is 13.9. The molecule has 3 aliphatic rings. The first-order valence-corrected chi connectivity index (χ1v) is 13.8. The summed E-state index contributed by atoms with van der Waals surface area (Å²) in [4.78, 5) is 22.1. The van der Waals surface area contributed by atoms with Gasteiger partial charge in [0.1, 0.15) is 23.2 Å². The SMILES string of the molecule is CCOc1cc(CN2CC3(CC(N4CCC(C)(C(=O)O)CC4)=NO3)C2)c(C)c(OCC)c1-c1ccc(F)cc1. The second kappa shape index (κ2) is 10.7. The maximum absolute atomic E-state index is 13.6. The van der Waals surface area contributed by atoms with Crippen LogP contribution in [-0.4, -0.2) is 71.7 Å². The van der Waals surface area contributed by atoms with Crippen LogP contribution in [0.25, 0.3) is 11.1 Å². The molecule has 0 amide bonds. The highest BCUT2D eigenvalue weighted by atomic mass is 19.1. The maximum atomic E-state index is 13.6. The number of carboxylic acid groups (broad SMARTS) is 1. The first kappa shape index (κ1) is 27.2. The summed E-state index contributed by atoms with van der Waals surface area (Å²) in [6.07, 6.45) is 1.96. The van der Waals surface area contributed by atoms with Gasteiger partial charge in [-0.05, 0) is 75.4 Å². The topological polar surface area (TPSA) is 83.8 Å². The van der Waals surface area contributed by atoms with E-state index in [-0.39, 0.29) is 11.4 Å². The molecular formula is C30H38FN3O5. The van der Waals surface area contributed by atoms with Gasteiger partial charge in [-0.15, -0.1) is 0 Å². The molecular weight excluding hydrogens is 501 g/mol. The van der Waals surface area contributed by atoms with Crippen molar-refractivity contribution in [3.05, 3.63) is 47.3 Å². The van der Waals surface area contributed by atoms with Gasteiger partial charge in [0.25, 0.3) is 0 Å². The number of carbonyl (C=O) groups is 1. The van der Waals surface area contributed by atoms with E-state index in [1.807, 2.05) is 20.8 Å². The molecule has 2 fully saturated rings. The zero-order valence-corrected chi connectivity index (χ0v) is 23.3. The smallest absolute Gasteiger partial charge is 0.309 e. The van der Waals surface area contributed by atoms with E-state index in [2.05, 4.69) is 27.9 Å². The van der Waals surface area contributed by atoms with E-state index in [9.17, 15) is 14.3 Å². The number of halogens is 1. The lowest BCUT2D eigenvalue weighted by Gasteiger charge is -2.46. The van der Waals surface area contributed by atoms with Crippen molar-refractivity contribution in [1.29, 1.82) is 0 Å². The monoisotopic (exact) mass is 539 g/mol. The molecule has 0 unspecified atom stereocenters. The fourth-order valence-electron chi connectivity index (χ4n) is 5.87. The molecule has 0 saturated carbocycles. The molecule has 9 heteroatoms. The Morgan fingerprint density at radius 2 is 1.79 bits per heavy atom. The third-order valence-corrected chi connectivity index (χ3v) is 8.31. The van der Waals surface area contributed by atoms with E-state index in [0.29, 0.717) is 39.1 Å². The van der Waals surface area contributed by atoms with Crippen molar-refractivity contribution >= 4 is 11.8 Å². The predicted molar refractivity (Wildman–Crippen MR) is 147 cm³/mol. The van der Waals surface area contributed by atoms with Gasteiger partial charge in [0.2, 0.25) is 0 Å². The van der Waals surface area contributed by atoms with Crippen molar-refractivity contribution in [2.24, 2.45) is 10.6 Å². The first-order valence-electron chi connectivity index (χ1n) is 13.8. The molecule has 3 aliphatic heterocycles. The number of benzene rings is 2. The summed E-state index contributed by atoms with van der Waals surface area (Å²) in [5.41, 5.74) is 2.87. The van der Waals surface area contributed by atoms with Gasteiger partial charge < -0.3 is 24.3 Å². The van der Waals surface area contributed by atoms with E-state index in [1.165, 1.54) is 12.1 Å². The second-order valence-corrected chi connectivity index (χ2v) is 11.2. The Kier molecular flexibility index (Phi) is 7.46. The molecule has 39 heavy (non-hydrogen) atoms. The van der Waals surface area contributed by atoms with Crippen LogP contribution in [0.15, 0.2) is 35.5 Å². The van der Waals surface area contributed by atoms with Gasteiger partial charge in [0.05, 0.1) is 30.6 Å². The van der Waals surface area contributed by atoms with E-state index >= 15 is 0 Å². The number of oxime groups is 1. The number of nitrogens with zero attached hydrogens (tertiary/aromatic N) is 3. The van der Waals surface area contributed by atoms with Crippen LogP contribution >= 0.6 is 0 Å². The lowest BCUT2D eigenvalue weighted by Crippen LogP contribution is -2.61. The van der Waals surface area contributed by atoms with E-state index < -0.39 is 11.4 Å². The Bertz CT molecular complexity index is 1250. The number of likely N-dealkylation sites (tertiary alicyclic amines) is 2. The third kappa shape index (κ3) is 5.29. The van der Waals surface area contributed by atoms with Crippen LogP contribution < -0.4 is 9.47 Å². The standard InChI is InChI=1S/C30H38FN3O5/c1-5-37-24-15-22(20(3)27(38-6-2)26(24)21-7-9-23(31)10-8-21)17-33-18-30(19-33)16-25(32-39-30)34-13-11-29(4,12-14-34)28(35)36/h7-10,15H,5-6,11-14,16-19H2,1-4H3,(H,35,36). The zero-order valence-electron chi connectivity index (χ0n) is 23.3. The Morgan fingerprint density at radius 3 is 2.41 bits per heavy atom. The molecule has 1 N–H and O–H groups in total. The summed E-state index contributed by atoms with van der Waals surface area (Å²) in [7, 11) is 0. The van der Waals surface area contributed by atoms with Crippen molar-refractivity contribution in [3.8, 4) is 22.6 Å². The number of amidine groups is 1. The summed E-state index contributed by atoms with van der Waals surface area (Å²) in [6, 6.07) is 8.50. The van der Waals surface area contributed by atoms with Crippen LogP contribution in [-0.2, 0) is 16.2 Å². The van der Waals surface area contributed by atoms with Crippen LogP contribution in [0.4, 0.5) is 4.39 Å². The lowest BCUT2D eigenvalue weighted by atomic mass is 9.80. The predicted octanol–water partition coefficient (Wildman–Crippen LogP) is 5.07. The van der Waals surface area contributed by atoms with Gasteiger partial charge in [-0.2, -0.15) is 0 Å². The Labute approximate surface area is 229 Å². The summed E-state index contributed by atoms with van der Waals surface area (Å²) >= 11 is 0. The van der Waals surface area contributed by atoms with Crippen molar-refractivity contribution in [1.82, 2.24) is 9.80 Å². The number of piperidine rings is 1. The normalized spacial score (nSPS) is 19.8. The van der Waals surface area contributed by atoms with Crippen molar-refractivity contribution in [2.45, 2.75) is 59.1 Å². The van der Waals surface area contributed by atoms with Crippen LogP contribution in [0.1, 0.15) is 51.2 Å². The molecule has 210 valence electrons. The molecule has 3 heterocycles. The van der Waals surface area contributed by atoms with Crippen LogP contribution in [0.5, 0.6) is 11.5 Å². The summed E-state index contributed by atoms with van der Waals surface area (Å²) in [6.45, 7) is 12.4. The molecule has 1 spiro atoms. The molecule has 0 bridgehead atoms. The van der Waals surface area contributed by atoms with Gasteiger partial charge in [-0.1, -0.05) is 17.3 Å². The van der Waals surface area contributed by atoms with E-state index in [4.69, 9.17) is 14.3 Å². The molecule has 0 aromatic heterocycles. The number of hydrogen-bond acceptors (Lipinski definition) is 7. The van der Waals surface area contributed by atoms with Gasteiger partial charge in [0.15, 0.2) is 5.60 Å². The van der Waals surface area contributed by atoms with E-state index in [1.54, 1.807) is 12.1 Å². The van der Waals surface area contributed by atoms with Gasteiger partial charge in [-0.3, -0.25) is 9.69 Å². The average Bonchev–Trinajstić information content (AvgIpc) is 3.33. The molecule has 2 aromatic rings. The van der Waals surface area contributed by atoms with Crippen LogP contribution in [0, 0.1) is 18.2 Å². The number of rotatable bonds is 8. The van der Waals surface area contributed by atoms with Crippen molar-refractivity contribution in [2.75, 3.05) is 39.4 Å². The fourth-order valence-corrected chi connectivity index (χ4v) is 5.87. The summed E-state index contributed by atoms with van der Waals surface area (Å²) in [5.74, 6) is 1.42. The Hall–Kier alpha value is -3.33. The van der Waals surface area contributed by atoms with Crippen molar-refractivity contribution in [3.63, 3.8) is 0 Å². The average molecular weight is 540 g/mol. The number of hydrogen-bond donors (Lipinski definition) is 1. The van der Waals surface area contributed by atoms with Gasteiger partial charge in [0, 0.05) is 32.7 Å². The highest BCUT2D eigenvalue weighted by Gasteiger charge is 2.51. The third-order valence-electron chi connectivity index (χ3n) is 8.31. The minimum Gasteiger partial charge on any atom is -0.493 e. The van der Waals surface area contributed by atoms with Crippen LogP contribution in [0.3, 0.4) is 0 Å². The molecule has 0 atom stereocenters. The highest BCUT2D eigenvalue weighted by Crippen LogP contribution is 2.44. The lowest BCUT2D eigenvalue weighted by molar-refractivity contribution is -0.150. The first-order chi connectivity index (χ1) is 18.7. The molecule has 2 aromatic carbocycles. The molecule has 8 nitrogen and oxygen atoms in total. The van der Waals surface area contributed by atoms with Gasteiger partial charge in [-0.25, -0.2) is 4.39 Å². The van der Waals surface area contributed by atoms with E-state index in [0.717, 1.165) is 65.6 Å². The van der Waals surface area contributed by atoms with Crippen molar-refractivity contribution < 1.29 is 28.6 Å². The number of aliphatic carboxylic acids is 1. The van der Waals surface area contributed by atoms with Gasteiger partial charge >= 0.3 is 5.97 Å². The minimum absolute atomic E-state index is 0.282. The number of carboxylic acids is 1. The molecule has 2 saturated heterocycles. The minimum atomic E-state index is -0.723. The number of ether oxygens (including phenoxy) is 2.